The van der Waals surface area contributed by atoms with Crippen molar-refractivity contribution >= 4 is 0 Å². The minimum atomic E-state index is -0.200. The van der Waals surface area contributed by atoms with Gasteiger partial charge in [0.25, 0.3) is 0 Å². The molecule has 0 saturated heterocycles. The number of hydrogen-bond acceptors (Lipinski definition) is 1. The van der Waals surface area contributed by atoms with Crippen molar-refractivity contribution in [1.82, 2.24) is 0 Å². The lowest BCUT2D eigenvalue weighted by atomic mass is 10.0. The molecule has 0 aliphatic carbocycles. The van der Waals surface area contributed by atoms with E-state index in [9.17, 15) is 0 Å². The highest BCUT2D eigenvalue weighted by atomic mass is 16.5. The minimum absolute atomic E-state index is 0.200. The largest absolute Gasteiger partial charge is 0.483 e. The van der Waals surface area contributed by atoms with E-state index in [4.69, 9.17) is 4.74 Å². The summed E-state index contributed by atoms with van der Waals surface area (Å²) in [6.07, 6.45) is 4.79. The number of rotatable bonds is 2. The second-order valence-corrected chi connectivity index (χ2v) is 3.17. The molecule has 0 fully saturated rings. The molecule has 0 N–H and O–H groups in total. The van der Waals surface area contributed by atoms with Crippen LogP contribution in [0.25, 0.3) is 0 Å². The van der Waals surface area contributed by atoms with Gasteiger partial charge >= 0.3 is 0 Å². The van der Waals surface area contributed by atoms with E-state index in [1.165, 1.54) is 0 Å². The zero-order valence-electron chi connectivity index (χ0n) is 7.18. The van der Waals surface area contributed by atoms with Crippen LogP contribution in [0.3, 0.4) is 0 Å². The van der Waals surface area contributed by atoms with E-state index in [2.05, 4.69) is 19.2 Å². The molecule has 0 amide bonds. The molecule has 0 spiro atoms. The predicted molar refractivity (Wildman–Crippen MR) is 47.2 cm³/mol. The summed E-state index contributed by atoms with van der Waals surface area (Å²) in [6, 6.07) is 0. The smallest absolute Gasteiger partial charge is 0.128 e. The summed E-state index contributed by atoms with van der Waals surface area (Å²) >= 11 is 0. The third-order valence-corrected chi connectivity index (χ3v) is 1.89. The molecule has 0 bridgehead atoms. The first kappa shape index (κ1) is 8.12. The summed E-state index contributed by atoms with van der Waals surface area (Å²) < 4.78 is 5.60. The Balaban J connectivity index is 2.69. The first-order chi connectivity index (χ1) is 5.07. The fourth-order valence-corrected chi connectivity index (χ4v) is 1.02. The molecule has 1 heterocycles. The summed E-state index contributed by atoms with van der Waals surface area (Å²) in [5.41, 5.74) is 0.782. The lowest BCUT2D eigenvalue weighted by molar-refractivity contribution is 0.0941. The molecule has 1 aliphatic rings. The quantitative estimate of drug-likeness (QED) is 0.550. The van der Waals surface area contributed by atoms with Crippen molar-refractivity contribution in [2.24, 2.45) is 0 Å². The molecule has 0 aromatic heterocycles. The van der Waals surface area contributed by atoms with Crippen molar-refractivity contribution in [1.29, 1.82) is 0 Å². The van der Waals surface area contributed by atoms with Crippen molar-refractivity contribution in [2.45, 2.75) is 25.9 Å². The van der Waals surface area contributed by atoms with Gasteiger partial charge in [-0.25, -0.2) is 0 Å². The normalized spacial score (nSPS) is 29.1. The van der Waals surface area contributed by atoms with E-state index in [1.54, 1.807) is 0 Å². The number of hydrogen-bond donors (Lipinski definition) is 0. The Labute approximate surface area is 68.1 Å². The molecule has 1 nitrogen and oxygen atoms in total. The second kappa shape index (κ2) is 2.57. The van der Waals surface area contributed by atoms with Gasteiger partial charge in [0, 0.05) is 6.42 Å². The van der Waals surface area contributed by atoms with Gasteiger partial charge in [0.05, 0.1) is 0 Å². The van der Waals surface area contributed by atoms with Gasteiger partial charge in [-0.05, 0) is 31.6 Å². The summed E-state index contributed by atoms with van der Waals surface area (Å²) in [5.74, 6) is 0.910. The standard InChI is InChI=1S/C10H14O/c1-5-10(4)7-6-9(11-10)8(2)3/h5-6H,1-2,7H2,3-4H3. The monoisotopic (exact) mass is 150 g/mol. The zero-order chi connectivity index (χ0) is 8.48. The second-order valence-electron chi connectivity index (χ2n) is 3.17. The van der Waals surface area contributed by atoms with Crippen molar-refractivity contribution in [3.05, 3.63) is 36.6 Å². The molecule has 1 unspecified atom stereocenters. The molecule has 1 rings (SSSR count). The molecule has 11 heavy (non-hydrogen) atoms. The van der Waals surface area contributed by atoms with Crippen LogP contribution < -0.4 is 0 Å². The van der Waals surface area contributed by atoms with E-state index in [0.29, 0.717) is 0 Å². The molecule has 1 heteroatoms. The lowest BCUT2D eigenvalue weighted by Crippen LogP contribution is -2.19. The molecule has 0 aromatic rings. The van der Waals surface area contributed by atoms with Crippen molar-refractivity contribution < 1.29 is 4.74 Å². The topological polar surface area (TPSA) is 9.23 Å². The van der Waals surface area contributed by atoms with Gasteiger partial charge in [-0.15, -0.1) is 0 Å². The van der Waals surface area contributed by atoms with Gasteiger partial charge in [-0.3, -0.25) is 0 Å². The van der Waals surface area contributed by atoms with Crippen molar-refractivity contribution in [3.8, 4) is 0 Å². The third-order valence-electron chi connectivity index (χ3n) is 1.89. The highest BCUT2D eigenvalue weighted by Crippen LogP contribution is 2.31. The fourth-order valence-electron chi connectivity index (χ4n) is 1.02. The average molecular weight is 150 g/mol. The predicted octanol–water partition coefficient (Wildman–Crippen LogP) is 2.81. The van der Waals surface area contributed by atoms with Crippen LogP contribution in [0.2, 0.25) is 0 Å². The molecule has 0 aromatic carbocycles. The highest BCUT2D eigenvalue weighted by Gasteiger charge is 2.27. The van der Waals surface area contributed by atoms with Crippen molar-refractivity contribution in [3.63, 3.8) is 0 Å². The van der Waals surface area contributed by atoms with Crippen LogP contribution in [0.15, 0.2) is 36.6 Å². The van der Waals surface area contributed by atoms with E-state index in [1.807, 2.05) is 19.9 Å². The maximum absolute atomic E-state index is 5.60. The molecular weight excluding hydrogens is 136 g/mol. The maximum Gasteiger partial charge on any atom is 0.128 e. The average Bonchev–Trinajstić information content (AvgIpc) is 2.33. The summed E-state index contributed by atoms with van der Waals surface area (Å²) in [4.78, 5) is 0. The maximum atomic E-state index is 5.60. The van der Waals surface area contributed by atoms with Crippen LogP contribution in [0.1, 0.15) is 20.3 Å². The molecule has 0 saturated carbocycles. The van der Waals surface area contributed by atoms with Gasteiger partial charge < -0.3 is 4.74 Å². The lowest BCUT2D eigenvalue weighted by Gasteiger charge is -2.20. The Morgan fingerprint density at radius 3 is 2.73 bits per heavy atom. The van der Waals surface area contributed by atoms with Gasteiger partial charge in [0.2, 0.25) is 0 Å². The Morgan fingerprint density at radius 1 is 1.82 bits per heavy atom. The Morgan fingerprint density at radius 2 is 2.45 bits per heavy atom. The van der Waals surface area contributed by atoms with Gasteiger partial charge in [-0.2, -0.15) is 0 Å². The fraction of sp³-hybridized carbons (Fsp3) is 0.400. The van der Waals surface area contributed by atoms with Crippen molar-refractivity contribution in [2.75, 3.05) is 0 Å². The van der Waals surface area contributed by atoms with Crippen LogP contribution in [0, 0.1) is 0 Å². The highest BCUT2D eigenvalue weighted by molar-refractivity contribution is 5.26. The zero-order valence-corrected chi connectivity index (χ0v) is 7.18. The third kappa shape index (κ3) is 1.53. The summed E-state index contributed by atoms with van der Waals surface area (Å²) in [6.45, 7) is 11.5. The Bertz CT molecular complexity index is 225. The first-order valence-electron chi connectivity index (χ1n) is 3.76. The van der Waals surface area contributed by atoms with E-state index >= 15 is 0 Å². The van der Waals surface area contributed by atoms with E-state index in [0.717, 1.165) is 17.8 Å². The van der Waals surface area contributed by atoms with Gasteiger partial charge in [0.15, 0.2) is 0 Å². The number of allylic oxidation sites excluding steroid dienone is 1. The first-order valence-corrected chi connectivity index (χ1v) is 3.76. The molecule has 0 radical (unpaired) electrons. The Kier molecular flexibility index (Phi) is 1.90. The SMILES string of the molecule is C=CC1(C)CC=C(C(=C)C)O1. The summed E-state index contributed by atoms with van der Waals surface area (Å²) in [7, 11) is 0. The van der Waals surface area contributed by atoms with E-state index < -0.39 is 0 Å². The molecule has 60 valence electrons. The molecule has 1 atom stereocenters. The summed E-state index contributed by atoms with van der Waals surface area (Å²) in [5, 5.41) is 0. The minimum Gasteiger partial charge on any atom is -0.483 e. The van der Waals surface area contributed by atoms with Crippen LogP contribution in [0.4, 0.5) is 0 Å². The van der Waals surface area contributed by atoms with Gasteiger partial charge in [-0.1, -0.05) is 13.2 Å². The van der Waals surface area contributed by atoms with Crippen LogP contribution in [0.5, 0.6) is 0 Å². The van der Waals surface area contributed by atoms with E-state index in [-0.39, 0.29) is 5.60 Å². The van der Waals surface area contributed by atoms with Crippen LogP contribution in [-0.2, 0) is 4.74 Å². The molecule has 1 aliphatic heterocycles. The molecular formula is C10H14O. The van der Waals surface area contributed by atoms with Crippen LogP contribution in [-0.4, -0.2) is 5.60 Å². The van der Waals surface area contributed by atoms with Gasteiger partial charge in [0.1, 0.15) is 11.4 Å². The Hall–Kier alpha value is -0.980. The van der Waals surface area contributed by atoms with Crippen LogP contribution >= 0.6 is 0 Å². The number of ether oxygens (including phenoxy) is 1.